The maximum absolute atomic E-state index is 2.53. The Morgan fingerprint density at radius 2 is 0.246 bits per heavy atom. The summed E-state index contributed by atoms with van der Waals surface area (Å²) in [7, 11) is 0. The standard InChI is InChI=1S/3C32H20N2.12CH4/c3*1-17-27-23-13-7-11-21-19-9-3-5-15-25(19)33(31(21)23)29(27)18(2)30-28(17)24-14-8-12-22-20-10-4-6-16-26(20)34(30)32(22)24;;;;;;;;;;;;/h3*3-16H,1-2H3;12*1H4. The Bertz CT molecular complexity index is 7180. The molecule has 0 unspecified atom stereocenters. The Balaban J connectivity index is 0.000000142. The Hall–Kier alpha value is -12.9. The van der Waals surface area contributed by atoms with Gasteiger partial charge in [-0.2, -0.15) is 0 Å². The highest BCUT2D eigenvalue weighted by atomic mass is 15.0. The van der Waals surface area contributed by atoms with Crippen molar-refractivity contribution in [2.45, 2.75) is 131 Å². The zero-order valence-corrected chi connectivity index (χ0v) is 56.9. The number of aromatic nitrogens is 6. The third-order valence-electron chi connectivity index (χ3n) is 24.9. The summed E-state index contributed by atoms with van der Waals surface area (Å²) in [5, 5.41) is 32.6. The van der Waals surface area contributed by atoms with Crippen LogP contribution >= 0.6 is 0 Å². The van der Waals surface area contributed by atoms with Crippen LogP contribution < -0.4 is 0 Å². The first-order chi connectivity index (χ1) is 50.3. The lowest BCUT2D eigenvalue weighted by Gasteiger charge is -2.09. The van der Waals surface area contributed by atoms with Gasteiger partial charge in [0.2, 0.25) is 0 Å². The molecular weight excluding hydrogens is 1380 g/mol. The number of fused-ring (bicyclic) bond motifs is 36. The summed E-state index contributed by atoms with van der Waals surface area (Å²) in [6.07, 6.45) is 0. The number of aryl methyl sites for hydroxylation is 6. The number of hydrogen-bond donors (Lipinski definition) is 0. The smallest absolute Gasteiger partial charge is 0.0620 e. The minimum Gasteiger partial charge on any atom is -0.308 e. The van der Waals surface area contributed by atoms with E-state index in [1.165, 1.54) is 262 Å². The molecular formula is C108H108N6. The molecule has 570 valence electrons. The molecule has 0 aliphatic heterocycles. The average molecular weight is 1490 g/mol. The quantitative estimate of drug-likeness (QED) is 0.145. The second kappa shape index (κ2) is 26.9. The second-order valence-electron chi connectivity index (χ2n) is 29.4. The van der Waals surface area contributed by atoms with Gasteiger partial charge in [0.15, 0.2) is 0 Å². The lowest BCUT2D eigenvalue weighted by molar-refractivity contribution is 1.30. The normalized spacial score (nSPS) is 11.6. The Kier molecular flexibility index (Phi) is 18.7. The fourth-order valence-corrected chi connectivity index (χ4v) is 21.3. The summed E-state index contributed by atoms with van der Waals surface area (Å²) in [5.74, 6) is 0. The molecule has 27 rings (SSSR count). The van der Waals surface area contributed by atoms with E-state index in [0.717, 1.165) is 0 Å². The molecule has 12 aromatic heterocycles. The van der Waals surface area contributed by atoms with E-state index in [0.29, 0.717) is 0 Å². The molecule has 0 amide bonds. The van der Waals surface area contributed by atoms with Gasteiger partial charge in [0.25, 0.3) is 0 Å². The molecule has 114 heavy (non-hydrogen) atoms. The van der Waals surface area contributed by atoms with Gasteiger partial charge in [0.1, 0.15) is 0 Å². The first-order valence-corrected chi connectivity index (χ1v) is 36.0. The van der Waals surface area contributed by atoms with Crippen molar-refractivity contribution in [3.63, 3.8) is 0 Å². The molecule has 0 N–H and O–H groups in total. The number of hydrogen-bond acceptors (Lipinski definition) is 0. The molecule has 0 aliphatic rings. The van der Waals surface area contributed by atoms with Crippen molar-refractivity contribution in [3.05, 3.63) is 288 Å². The second-order valence-corrected chi connectivity index (χ2v) is 29.4. The highest BCUT2D eigenvalue weighted by Gasteiger charge is 2.31. The molecule has 0 saturated carbocycles. The van der Waals surface area contributed by atoms with Gasteiger partial charge in [-0.25, -0.2) is 0 Å². The van der Waals surface area contributed by atoms with Crippen LogP contribution in [0.1, 0.15) is 123 Å². The van der Waals surface area contributed by atoms with Crippen molar-refractivity contribution < 1.29 is 0 Å². The first kappa shape index (κ1) is 79.2. The van der Waals surface area contributed by atoms with Crippen LogP contribution in [0.2, 0.25) is 0 Å². The van der Waals surface area contributed by atoms with E-state index in [1.807, 2.05) is 0 Å². The molecule has 6 heteroatoms. The summed E-state index contributed by atoms with van der Waals surface area (Å²) < 4.78 is 15.2. The van der Waals surface area contributed by atoms with E-state index in [9.17, 15) is 0 Å². The fraction of sp³-hybridized carbons (Fsp3) is 0.167. The van der Waals surface area contributed by atoms with E-state index in [4.69, 9.17) is 0 Å². The molecule has 27 aromatic rings. The Morgan fingerprint density at radius 1 is 0.123 bits per heavy atom. The zero-order chi connectivity index (χ0) is 66.9. The summed E-state index contributed by atoms with van der Waals surface area (Å²) in [4.78, 5) is 0. The van der Waals surface area contributed by atoms with Crippen molar-refractivity contribution in [2.75, 3.05) is 0 Å². The van der Waals surface area contributed by atoms with Crippen LogP contribution in [0.3, 0.4) is 0 Å². The molecule has 0 fully saturated rings. The lowest BCUT2D eigenvalue weighted by Crippen LogP contribution is -1.91. The molecule has 12 heterocycles. The molecule has 0 aliphatic carbocycles. The molecule has 0 spiro atoms. The summed E-state index contributed by atoms with van der Waals surface area (Å²) in [6.45, 7) is 14.0. The minimum absolute atomic E-state index is 0. The minimum atomic E-state index is 0. The fourth-order valence-electron chi connectivity index (χ4n) is 21.3. The summed E-state index contributed by atoms with van der Waals surface area (Å²) in [5.41, 5.74) is 32.2. The SMILES string of the molecule is C.C.C.C.C.C.C.C.C.C.C.C.Cc1c2c3cccc4c5ccccc5n(c2c(C)c2c1c1cccc5c6ccccc6n2c51)c43.Cc1c2c3cccc4c5ccccc5n(c2c(C)c2c1c1cccc5c6ccccc6n2c51)c43.Cc1c2c3cccc4c5ccccc5n(c2c(C)c2c1c1cccc5c6ccccc6n2c51)c43. The summed E-state index contributed by atoms with van der Waals surface area (Å²) in [6, 6.07) is 94.0. The van der Waals surface area contributed by atoms with Gasteiger partial charge in [-0.3, -0.25) is 0 Å². The van der Waals surface area contributed by atoms with E-state index in [2.05, 4.69) is 323 Å². The summed E-state index contributed by atoms with van der Waals surface area (Å²) >= 11 is 0. The molecule has 15 aromatic carbocycles. The van der Waals surface area contributed by atoms with Gasteiger partial charge >= 0.3 is 0 Å². The van der Waals surface area contributed by atoms with Crippen molar-refractivity contribution in [2.24, 2.45) is 0 Å². The zero-order valence-electron chi connectivity index (χ0n) is 56.9. The van der Waals surface area contributed by atoms with Crippen LogP contribution in [0, 0.1) is 41.5 Å². The van der Waals surface area contributed by atoms with Crippen LogP contribution in [0.5, 0.6) is 0 Å². The molecule has 0 saturated heterocycles. The van der Waals surface area contributed by atoms with Crippen LogP contribution in [0.15, 0.2) is 255 Å². The van der Waals surface area contributed by atoms with Gasteiger partial charge in [0, 0.05) is 129 Å². The average Bonchev–Trinajstić information content (AvgIpc) is 1.52. The molecule has 0 radical (unpaired) electrons. The van der Waals surface area contributed by atoms with E-state index in [1.54, 1.807) is 0 Å². The third kappa shape index (κ3) is 8.81. The predicted molar refractivity (Wildman–Crippen MR) is 516 cm³/mol. The number of nitrogens with zero attached hydrogens (tertiary/aromatic N) is 6. The highest BCUT2D eigenvalue weighted by molar-refractivity contribution is 6.36. The van der Waals surface area contributed by atoms with Gasteiger partial charge in [-0.05, 0) is 111 Å². The van der Waals surface area contributed by atoms with E-state index < -0.39 is 0 Å². The van der Waals surface area contributed by atoms with Crippen LogP contribution in [-0.2, 0) is 0 Å². The predicted octanol–water partition coefficient (Wildman–Crippen LogP) is 33.4. The van der Waals surface area contributed by atoms with Gasteiger partial charge < -0.3 is 26.4 Å². The first-order valence-electron chi connectivity index (χ1n) is 36.0. The largest absolute Gasteiger partial charge is 0.308 e. The Labute approximate surface area is 669 Å². The van der Waals surface area contributed by atoms with Crippen LogP contribution in [0.25, 0.3) is 229 Å². The highest BCUT2D eigenvalue weighted by Crippen LogP contribution is 2.53. The topological polar surface area (TPSA) is 26.5 Å². The van der Waals surface area contributed by atoms with E-state index in [-0.39, 0.29) is 89.1 Å². The van der Waals surface area contributed by atoms with E-state index >= 15 is 0 Å². The van der Waals surface area contributed by atoms with Gasteiger partial charge in [0.05, 0.1) is 99.3 Å². The van der Waals surface area contributed by atoms with Crippen molar-refractivity contribution in [1.29, 1.82) is 0 Å². The number of rotatable bonds is 0. The van der Waals surface area contributed by atoms with Crippen LogP contribution in [-0.4, -0.2) is 26.4 Å². The lowest BCUT2D eigenvalue weighted by atomic mass is 9.96. The van der Waals surface area contributed by atoms with Crippen molar-refractivity contribution in [3.8, 4) is 0 Å². The molecule has 0 bridgehead atoms. The number of benzene rings is 15. The Morgan fingerprint density at radius 3 is 0.395 bits per heavy atom. The molecule has 0 atom stereocenters. The number of para-hydroxylation sites is 12. The maximum atomic E-state index is 2.53. The monoisotopic (exact) mass is 1490 g/mol. The van der Waals surface area contributed by atoms with Gasteiger partial charge in [-0.1, -0.05) is 308 Å². The van der Waals surface area contributed by atoms with Gasteiger partial charge in [-0.15, -0.1) is 0 Å². The van der Waals surface area contributed by atoms with Crippen LogP contribution in [0.4, 0.5) is 0 Å². The maximum Gasteiger partial charge on any atom is 0.0620 e. The van der Waals surface area contributed by atoms with Crippen molar-refractivity contribution in [1.82, 2.24) is 26.4 Å². The third-order valence-corrected chi connectivity index (χ3v) is 24.9. The van der Waals surface area contributed by atoms with Crippen molar-refractivity contribution >= 4 is 229 Å². The molecule has 6 nitrogen and oxygen atoms in total.